The van der Waals surface area contributed by atoms with E-state index < -0.39 is 17.7 Å². The number of ether oxygens (including phenoxy) is 2. The lowest BCUT2D eigenvalue weighted by molar-refractivity contribution is -0.139. The molecular formula is C13H16O5. The summed E-state index contributed by atoms with van der Waals surface area (Å²) >= 11 is 0. The monoisotopic (exact) mass is 252 g/mol. The number of aryl methyl sites for hydroxylation is 1. The van der Waals surface area contributed by atoms with Crippen molar-refractivity contribution in [3.63, 3.8) is 0 Å². The van der Waals surface area contributed by atoms with E-state index in [4.69, 9.17) is 14.6 Å². The Balaban J connectivity index is 3.31. The van der Waals surface area contributed by atoms with Crippen molar-refractivity contribution in [1.29, 1.82) is 0 Å². The van der Waals surface area contributed by atoms with Gasteiger partial charge in [-0.15, -0.1) is 0 Å². The van der Waals surface area contributed by atoms with Gasteiger partial charge in [-0.3, -0.25) is 9.59 Å². The number of carboxylic acids is 1. The highest BCUT2D eigenvalue weighted by atomic mass is 16.5. The number of carbonyl (C=O) groups excluding carboxylic acids is 1. The fourth-order valence-electron chi connectivity index (χ4n) is 1.65. The Hall–Kier alpha value is -2.04. The maximum Gasteiger partial charge on any atom is 0.314 e. The SMILES string of the molecule is COc1cc(C)c(C(=O)C(C)C(=O)O)c(OC)c1. The molecule has 0 radical (unpaired) electrons. The molecule has 0 aliphatic rings. The van der Waals surface area contributed by atoms with Crippen LogP contribution in [-0.4, -0.2) is 31.1 Å². The molecule has 0 saturated carbocycles. The molecule has 1 atom stereocenters. The molecule has 0 saturated heterocycles. The molecule has 0 aliphatic heterocycles. The van der Waals surface area contributed by atoms with Crippen LogP contribution in [0.5, 0.6) is 11.5 Å². The van der Waals surface area contributed by atoms with E-state index in [1.165, 1.54) is 21.1 Å². The third-order valence-electron chi connectivity index (χ3n) is 2.74. The van der Waals surface area contributed by atoms with Crippen LogP contribution in [0, 0.1) is 12.8 Å². The fraction of sp³-hybridized carbons (Fsp3) is 0.385. The third-order valence-corrected chi connectivity index (χ3v) is 2.74. The number of rotatable bonds is 5. The van der Waals surface area contributed by atoms with Gasteiger partial charge in [0.1, 0.15) is 17.4 Å². The smallest absolute Gasteiger partial charge is 0.314 e. The first-order chi connectivity index (χ1) is 8.42. The summed E-state index contributed by atoms with van der Waals surface area (Å²) in [6.45, 7) is 3.07. The molecule has 1 aromatic rings. The van der Waals surface area contributed by atoms with Crippen molar-refractivity contribution >= 4 is 11.8 Å². The van der Waals surface area contributed by atoms with Crippen LogP contribution < -0.4 is 9.47 Å². The quantitative estimate of drug-likeness (QED) is 0.640. The van der Waals surface area contributed by atoms with Gasteiger partial charge in [-0.2, -0.15) is 0 Å². The molecule has 98 valence electrons. The van der Waals surface area contributed by atoms with Crippen LogP contribution in [0.4, 0.5) is 0 Å². The molecule has 0 spiro atoms. The number of hydrogen-bond acceptors (Lipinski definition) is 4. The first-order valence-electron chi connectivity index (χ1n) is 5.42. The van der Waals surface area contributed by atoms with Crippen LogP contribution in [0.3, 0.4) is 0 Å². The lowest BCUT2D eigenvalue weighted by Crippen LogP contribution is -2.22. The van der Waals surface area contributed by atoms with E-state index in [-0.39, 0.29) is 5.56 Å². The number of carbonyl (C=O) groups is 2. The predicted octanol–water partition coefficient (Wildman–Crippen LogP) is 1.92. The number of aliphatic carboxylic acids is 1. The molecule has 0 amide bonds. The normalized spacial score (nSPS) is 11.8. The molecule has 5 nitrogen and oxygen atoms in total. The Bertz CT molecular complexity index is 479. The first kappa shape index (κ1) is 14.0. The highest BCUT2D eigenvalue weighted by Crippen LogP contribution is 2.30. The zero-order valence-corrected chi connectivity index (χ0v) is 10.8. The molecule has 1 aromatic carbocycles. The summed E-state index contributed by atoms with van der Waals surface area (Å²) in [4.78, 5) is 22.9. The van der Waals surface area contributed by atoms with Crippen molar-refractivity contribution in [2.45, 2.75) is 13.8 Å². The van der Waals surface area contributed by atoms with E-state index in [1.807, 2.05) is 0 Å². The zero-order chi connectivity index (χ0) is 13.9. The van der Waals surface area contributed by atoms with Gasteiger partial charge in [0, 0.05) is 6.07 Å². The van der Waals surface area contributed by atoms with Crippen molar-refractivity contribution in [3.8, 4) is 11.5 Å². The molecule has 1 rings (SSSR count). The van der Waals surface area contributed by atoms with E-state index in [9.17, 15) is 9.59 Å². The van der Waals surface area contributed by atoms with E-state index >= 15 is 0 Å². The lowest BCUT2D eigenvalue weighted by atomic mass is 9.95. The molecule has 5 heteroatoms. The van der Waals surface area contributed by atoms with Gasteiger partial charge < -0.3 is 14.6 Å². The van der Waals surface area contributed by atoms with Crippen LogP contribution in [0.2, 0.25) is 0 Å². The number of hydrogen-bond donors (Lipinski definition) is 1. The van der Waals surface area contributed by atoms with Crippen LogP contribution in [0.25, 0.3) is 0 Å². The van der Waals surface area contributed by atoms with Crippen molar-refractivity contribution in [2.75, 3.05) is 14.2 Å². The van der Waals surface area contributed by atoms with Gasteiger partial charge in [-0.1, -0.05) is 0 Å². The topological polar surface area (TPSA) is 72.8 Å². The van der Waals surface area contributed by atoms with Crippen molar-refractivity contribution < 1.29 is 24.2 Å². The average Bonchev–Trinajstić information content (AvgIpc) is 2.35. The molecule has 0 fully saturated rings. The van der Waals surface area contributed by atoms with Gasteiger partial charge in [0.2, 0.25) is 0 Å². The average molecular weight is 252 g/mol. The van der Waals surface area contributed by atoms with Crippen LogP contribution in [0.15, 0.2) is 12.1 Å². The summed E-state index contributed by atoms with van der Waals surface area (Å²) in [6, 6.07) is 3.24. The summed E-state index contributed by atoms with van der Waals surface area (Å²) in [5.74, 6) is -1.85. The Morgan fingerprint density at radius 1 is 1.22 bits per heavy atom. The summed E-state index contributed by atoms with van der Waals surface area (Å²) < 4.78 is 10.2. The number of methoxy groups -OCH3 is 2. The molecule has 0 bridgehead atoms. The molecule has 0 aliphatic carbocycles. The van der Waals surface area contributed by atoms with Crippen molar-refractivity contribution in [1.82, 2.24) is 0 Å². The Kier molecular flexibility index (Phi) is 4.31. The maximum absolute atomic E-state index is 12.1. The highest BCUT2D eigenvalue weighted by molar-refractivity contribution is 6.10. The Labute approximate surface area is 105 Å². The summed E-state index contributed by atoms with van der Waals surface area (Å²) in [7, 11) is 2.94. The summed E-state index contributed by atoms with van der Waals surface area (Å²) in [5.41, 5.74) is 0.914. The van der Waals surface area contributed by atoms with Crippen LogP contribution >= 0.6 is 0 Å². The van der Waals surface area contributed by atoms with Crippen LogP contribution in [0.1, 0.15) is 22.8 Å². The van der Waals surface area contributed by atoms with E-state index in [2.05, 4.69) is 0 Å². The molecule has 0 heterocycles. The molecule has 0 aromatic heterocycles. The molecule has 18 heavy (non-hydrogen) atoms. The van der Waals surface area contributed by atoms with Crippen molar-refractivity contribution in [3.05, 3.63) is 23.3 Å². The second-order valence-corrected chi connectivity index (χ2v) is 3.95. The molecule has 1 unspecified atom stereocenters. The van der Waals surface area contributed by atoms with Gasteiger partial charge in [-0.05, 0) is 25.5 Å². The Morgan fingerprint density at radius 2 is 1.83 bits per heavy atom. The van der Waals surface area contributed by atoms with Gasteiger partial charge >= 0.3 is 5.97 Å². The fourth-order valence-corrected chi connectivity index (χ4v) is 1.65. The largest absolute Gasteiger partial charge is 0.497 e. The first-order valence-corrected chi connectivity index (χ1v) is 5.42. The van der Waals surface area contributed by atoms with Gasteiger partial charge in [0.15, 0.2) is 5.78 Å². The second kappa shape index (κ2) is 5.53. The summed E-state index contributed by atoms with van der Waals surface area (Å²) in [5, 5.41) is 8.88. The molecular weight excluding hydrogens is 236 g/mol. The summed E-state index contributed by atoms with van der Waals surface area (Å²) in [6.07, 6.45) is 0. The van der Waals surface area contributed by atoms with Gasteiger partial charge in [0.05, 0.1) is 19.8 Å². The minimum Gasteiger partial charge on any atom is -0.497 e. The standard InChI is InChI=1S/C13H16O5/c1-7-5-9(17-3)6-10(18-4)11(7)12(14)8(2)13(15)16/h5-6,8H,1-4H3,(H,15,16). The lowest BCUT2D eigenvalue weighted by Gasteiger charge is -2.14. The van der Waals surface area contributed by atoms with E-state index in [0.717, 1.165) is 0 Å². The molecule has 1 N–H and O–H groups in total. The van der Waals surface area contributed by atoms with Crippen LogP contribution in [-0.2, 0) is 4.79 Å². The Morgan fingerprint density at radius 3 is 2.28 bits per heavy atom. The number of benzene rings is 1. The number of Topliss-reactive ketones (excluding diaryl/α,β-unsaturated/α-hetero) is 1. The van der Waals surface area contributed by atoms with E-state index in [1.54, 1.807) is 19.1 Å². The second-order valence-electron chi connectivity index (χ2n) is 3.95. The third kappa shape index (κ3) is 2.61. The minimum absolute atomic E-state index is 0.285. The zero-order valence-electron chi connectivity index (χ0n) is 10.8. The predicted molar refractivity (Wildman–Crippen MR) is 65.4 cm³/mol. The highest BCUT2D eigenvalue weighted by Gasteiger charge is 2.26. The minimum atomic E-state index is -1.16. The van der Waals surface area contributed by atoms with Gasteiger partial charge in [-0.25, -0.2) is 0 Å². The van der Waals surface area contributed by atoms with E-state index in [0.29, 0.717) is 17.1 Å². The van der Waals surface area contributed by atoms with Crippen molar-refractivity contribution in [2.24, 2.45) is 5.92 Å². The number of carboxylic acid groups (broad SMARTS) is 1. The number of ketones is 1. The maximum atomic E-state index is 12.1. The van der Waals surface area contributed by atoms with Gasteiger partial charge in [0.25, 0.3) is 0 Å².